The number of rotatable bonds is 5. The highest BCUT2D eigenvalue weighted by Crippen LogP contribution is 2.34. The number of aromatic amines is 1. The number of nitrogens with zero attached hydrogens (tertiary/aromatic N) is 2. The second-order valence-electron chi connectivity index (χ2n) is 7.55. The predicted octanol–water partition coefficient (Wildman–Crippen LogP) is 3.28. The van der Waals surface area contributed by atoms with Crippen LogP contribution in [0.1, 0.15) is 28.5 Å². The van der Waals surface area contributed by atoms with Crippen LogP contribution >= 0.6 is 11.6 Å². The van der Waals surface area contributed by atoms with Gasteiger partial charge in [-0.2, -0.15) is 0 Å². The molecule has 8 heteroatoms. The molecule has 1 aromatic carbocycles. The van der Waals surface area contributed by atoms with Gasteiger partial charge in [0.05, 0.1) is 23.9 Å². The van der Waals surface area contributed by atoms with Crippen molar-refractivity contribution in [3.63, 3.8) is 0 Å². The van der Waals surface area contributed by atoms with E-state index in [0.29, 0.717) is 22.7 Å². The number of hydrogen-bond acceptors (Lipinski definition) is 4. The van der Waals surface area contributed by atoms with Crippen molar-refractivity contribution in [3.8, 4) is 11.3 Å². The number of H-pyrrole nitrogens is 1. The fraction of sp³-hybridized carbons (Fsp3) is 0.364. The Morgan fingerprint density at radius 2 is 1.97 bits per heavy atom. The van der Waals surface area contributed by atoms with Crippen molar-refractivity contribution in [2.75, 3.05) is 26.3 Å². The minimum atomic E-state index is -1.24. The van der Waals surface area contributed by atoms with E-state index in [1.54, 1.807) is 0 Å². The first-order valence-electron chi connectivity index (χ1n) is 9.96. The molecule has 0 amide bonds. The summed E-state index contributed by atoms with van der Waals surface area (Å²) in [5, 5.41) is 10.8. The fourth-order valence-corrected chi connectivity index (χ4v) is 4.25. The van der Waals surface area contributed by atoms with E-state index in [9.17, 15) is 14.7 Å². The monoisotopic (exact) mass is 429 g/mol. The summed E-state index contributed by atoms with van der Waals surface area (Å²) in [6.45, 7) is 6.05. The molecule has 0 bridgehead atoms. The Morgan fingerprint density at radius 3 is 2.63 bits per heavy atom. The molecular weight excluding hydrogens is 406 g/mol. The molecule has 0 radical (unpaired) electrons. The lowest BCUT2D eigenvalue weighted by Gasteiger charge is -2.26. The number of fused-ring (bicyclic) bond motifs is 1. The number of carboxylic acid groups (broad SMARTS) is 1. The molecule has 1 saturated heterocycles. The van der Waals surface area contributed by atoms with Gasteiger partial charge in [-0.1, -0.05) is 18.5 Å². The number of hydrogen-bond donors (Lipinski definition) is 2. The quantitative estimate of drug-likeness (QED) is 0.649. The number of aromatic nitrogens is 2. The van der Waals surface area contributed by atoms with Gasteiger partial charge in [-0.05, 0) is 36.2 Å². The molecule has 0 aliphatic carbocycles. The van der Waals surface area contributed by atoms with E-state index < -0.39 is 11.5 Å². The average Bonchev–Trinajstić information content (AvgIpc) is 3.02. The van der Waals surface area contributed by atoms with Gasteiger partial charge in [0, 0.05) is 48.8 Å². The van der Waals surface area contributed by atoms with Crippen LogP contribution in [0.4, 0.5) is 0 Å². The van der Waals surface area contributed by atoms with Crippen molar-refractivity contribution in [2.45, 2.75) is 19.9 Å². The molecule has 2 aromatic heterocycles. The number of carbonyl (C=O) groups is 1. The highest BCUT2D eigenvalue weighted by Gasteiger charge is 2.19. The van der Waals surface area contributed by atoms with E-state index in [1.807, 2.05) is 26.1 Å². The highest BCUT2D eigenvalue weighted by molar-refractivity contribution is 6.34. The first-order chi connectivity index (χ1) is 14.4. The van der Waals surface area contributed by atoms with E-state index in [2.05, 4.69) is 20.5 Å². The summed E-state index contributed by atoms with van der Waals surface area (Å²) in [6, 6.07) is 7.44. The summed E-state index contributed by atoms with van der Waals surface area (Å²) < 4.78 is 7.57. The number of carboxylic acids is 1. The Balaban J connectivity index is 1.79. The summed E-state index contributed by atoms with van der Waals surface area (Å²) in [6.07, 6.45) is 0.567. The maximum absolute atomic E-state index is 12.3. The van der Waals surface area contributed by atoms with Crippen LogP contribution in [0.3, 0.4) is 0 Å². The normalized spacial score (nSPS) is 15.0. The van der Waals surface area contributed by atoms with Crippen molar-refractivity contribution < 1.29 is 14.6 Å². The number of pyridine rings is 1. The van der Waals surface area contributed by atoms with Crippen molar-refractivity contribution in [1.29, 1.82) is 0 Å². The molecular formula is C22H24ClN3O4. The number of morpholine rings is 1. The van der Waals surface area contributed by atoms with Crippen LogP contribution < -0.4 is 5.56 Å². The topological polar surface area (TPSA) is 87.6 Å². The van der Waals surface area contributed by atoms with E-state index in [0.717, 1.165) is 49.3 Å². The molecule has 30 heavy (non-hydrogen) atoms. The lowest BCUT2D eigenvalue weighted by Crippen LogP contribution is -2.36. The molecule has 2 N–H and O–H groups in total. The molecule has 3 aromatic rings. The van der Waals surface area contributed by atoms with Gasteiger partial charge in [-0.15, -0.1) is 0 Å². The number of aromatic carboxylic acids is 1. The van der Waals surface area contributed by atoms with Crippen LogP contribution in [-0.2, 0) is 24.8 Å². The van der Waals surface area contributed by atoms with Crippen molar-refractivity contribution in [2.24, 2.45) is 7.05 Å². The zero-order valence-electron chi connectivity index (χ0n) is 17.0. The van der Waals surface area contributed by atoms with Gasteiger partial charge >= 0.3 is 5.97 Å². The number of nitrogens with one attached hydrogen (secondary N) is 1. The highest BCUT2D eigenvalue weighted by atomic mass is 35.5. The zero-order valence-corrected chi connectivity index (χ0v) is 17.8. The third-order valence-corrected chi connectivity index (χ3v) is 6.04. The Kier molecular flexibility index (Phi) is 5.69. The predicted molar refractivity (Wildman–Crippen MR) is 116 cm³/mol. The van der Waals surface area contributed by atoms with Crippen LogP contribution in [0.15, 0.2) is 29.1 Å². The van der Waals surface area contributed by atoms with Gasteiger partial charge in [0.15, 0.2) is 0 Å². The summed E-state index contributed by atoms with van der Waals surface area (Å²) in [7, 11) is 2.02. The maximum Gasteiger partial charge on any atom is 0.341 e. The fourth-order valence-electron chi connectivity index (χ4n) is 4.00. The van der Waals surface area contributed by atoms with Gasteiger partial charge < -0.3 is 19.4 Å². The molecule has 1 aliphatic heterocycles. The number of halogens is 1. The van der Waals surface area contributed by atoms with Gasteiger partial charge in [0.2, 0.25) is 0 Å². The van der Waals surface area contributed by atoms with Crippen molar-refractivity contribution in [3.05, 3.63) is 56.5 Å². The molecule has 1 aliphatic rings. The van der Waals surface area contributed by atoms with Crippen molar-refractivity contribution in [1.82, 2.24) is 14.5 Å². The van der Waals surface area contributed by atoms with Gasteiger partial charge in [0.1, 0.15) is 5.56 Å². The lowest BCUT2D eigenvalue weighted by atomic mass is 10.0. The SMILES string of the molecule is CCc1cc(C(=O)O)c(=O)[nH]c1-c1cc2cc(CN3CCOCC3)n(C)c2cc1Cl. The smallest absolute Gasteiger partial charge is 0.341 e. The lowest BCUT2D eigenvalue weighted by molar-refractivity contribution is 0.0333. The first kappa shape index (κ1) is 20.7. The Labute approximate surface area is 178 Å². The zero-order chi connectivity index (χ0) is 21.4. The summed E-state index contributed by atoms with van der Waals surface area (Å²) in [5.74, 6) is -1.24. The minimum absolute atomic E-state index is 0.264. The summed E-state index contributed by atoms with van der Waals surface area (Å²) >= 11 is 6.62. The second kappa shape index (κ2) is 8.26. The molecule has 1 fully saturated rings. The molecule has 7 nitrogen and oxygen atoms in total. The van der Waals surface area contributed by atoms with Crippen LogP contribution in [0.5, 0.6) is 0 Å². The minimum Gasteiger partial charge on any atom is -0.477 e. The van der Waals surface area contributed by atoms with Gasteiger partial charge in [0.25, 0.3) is 5.56 Å². The van der Waals surface area contributed by atoms with E-state index in [4.69, 9.17) is 16.3 Å². The number of aryl methyl sites for hydroxylation is 2. The van der Waals surface area contributed by atoms with Gasteiger partial charge in [-0.3, -0.25) is 9.69 Å². The Morgan fingerprint density at radius 1 is 1.23 bits per heavy atom. The number of benzene rings is 1. The average molecular weight is 430 g/mol. The van der Waals surface area contributed by atoms with E-state index in [1.165, 1.54) is 11.8 Å². The molecule has 0 saturated carbocycles. The van der Waals surface area contributed by atoms with E-state index >= 15 is 0 Å². The molecule has 0 unspecified atom stereocenters. The molecule has 4 rings (SSSR count). The molecule has 0 atom stereocenters. The third-order valence-electron chi connectivity index (χ3n) is 5.72. The maximum atomic E-state index is 12.3. The molecule has 158 valence electrons. The Hall–Kier alpha value is -2.61. The summed E-state index contributed by atoms with van der Waals surface area (Å²) in [5.41, 5.74) is 3.28. The first-order valence-corrected chi connectivity index (χ1v) is 10.3. The molecule has 3 heterocycles. The largest absolute Gasteiger partial charge is 0.477 e. The van der Waals surface area contributed by atoms with Crippen LogP contribution in [0, 0.1) is 0 Å². The Bertz CT molecular complexity index is 1180. The van der Waals surface area contributed by atoms with Gasteiger partial charge in [-0.25, -0.2) is 4.79 Å². The summed E-state index contributed by atoms with van der Waals surface area (Å²) in [4.78, 5) is 28.7. The van der Waals surface area contributed by atoms with Crippen LogP contribution in [0.2, 0.25) is 5.02 Å². The van der Waals surface area contributed by atoms with Crippen LogP contribution in [0.25, 0.3) is 22.2 Å². The third kappa shape index (κ3) is 3.76. The standard InChI is InChI=1S/C22H24ClN3O4/c1-3-13-9-17(22(28)29)21(27)24-20(13)16-10-14-8-15(12-26-4-6-30-7-5-26)25(2)19(14)11-18(16)23/h8-11H,3-7,12H2,1-2H3,(H,24,27)(H,28,29). The van der Waals surface area contributed by atoms with E-state index in [-0.39, 0.29) is 5.56 Å². The number of ether oxygens (including phenoxy) is 1. The van der Waals surface area contributed by atoms with Crippen LogP contribution in [-0.4, -0.2) is 51.8 Å². The van der Waals surface area contributed by atoms with Crippen molar-refractivity contribution >= 4 is 28.5 Å². The molecule has 0 spiro atoms. The second-order valence-corrected chi connectivity index (χ2v) is 7.95.